The first-order chi connectivity index (χ1) is 10.9. The number of pyridine rings is 1. The monoisotopic (exact) mass is 314 g/mol. The molecule has 120 valence electrons. The number of aromatic nitrogens is 2. The lowest BCUT2D eigenvalue weighted by molar-refractivity contribution is -0.121. The molecule has 2 rings (SSSR count). The highest BCUT2D eigenvalue weighted by atomic mass is 16.5. The summed E-state index contributed by atoms with van der Waals surface area (Å²) in [5.74, 6) is 0.562. The van der Waals surface area contributed by atoms with Gasteiger partial charge < -0.3 is 14.8 Å². The van der Waals surface area contributed by atoms with Gasteiger partial charge >= 0.3 is 0 Å². The summed E-state index contributed by atoms with van der Waals surface area (Å²) < 4.78 is 4.93. The number of amides is 1. The third-order valence-electron chi connectivity index (χ3n) is 3.67. The van der Waals surface area contributed by atoms with Crippen LogP contribution < -0.4 is 10.9 Å². The fourth-order valence-corrected chi connectivity index (χ4v) is 2.44. The van der Waals surface area contributed by atoms with Crippen molar-refractivity contribution in [2.24, 2.45) is 0 Å². The normalized spacial score (nSPS) is 10.3. The Hall–Kier alpha value is -2.88. The van der Waals surface area contributed by atoms with Crippen LogP contribution >= 0.6 is 0 Å². The molecule has 2 heterocycles. The lowest BCUT2D eigenvalue weighted by atomic mass is 9.99. The van der Waals surface area contributed by atoms with E-state index in [1.807, 2.05) is 6.07 Å². The predicted molar refractivity (Wildman–Crippen MR) is 82.7 cm³/mol. The van der Waals surface area contributed by atoms with Crippen molar-refractivity contribution >= 4 is 5.91 Å². The van der Waals surface area contributed by atoms with Gasteiger partial charge in [-0.3, -0.25) is 9.59 Å². The minimum absolute atomic E-state index is 0.101. The number of carbonyl (C=O) groups is 1. The van der Waals surface area contributed by atoms with Crippen molar-refractivity contribution in [3.63, 3.8) is 0 Å². The van der Waals surface area contributed by atoms with Crippen molar-refractivity contribution in [2.45, 2.75) is 40.2 Å². The average molecular weight is 314 g/mol. The Morgan fingerprint density at radius 3 is 2.78 bits per heavy atom. The summed E-state index contributed by atoms with van der Waals surface area (Å²) in [6, 6.07) is 3.66. The van der Waals surface area contributed by atoms with Crippen LogP contribution in [0, 0.1) is 32.1 Å². The highest BCUT2D eigenvalue weighted by molar-refractivity contribution is 5.76. The van der Waals surface area contributed by atoms with Gasteiger partial charge in [-0.05, 0) is 38.3 Å². The number of H-pyrrole nitrogens is 1. The van der Waals surface area contributed by atoms with Crippen molar-refractivity contribution in [3.8, 4) is 6.07 Å². The lowest BCUT2D eigenvalue weighted by Gasteiger charge is -2.10. The Bertz CT molecular complexity index is 827. The van der Waals surface area contributed by atoms with Crippen LogP contribution in [-0.2, 0) is 17.8 Å². The molecule has 7 nitrogen and oxygen atoms in total. The fraction of sp³-hybridized carbons (Fsp3) is 0.375. The standard InChI is InChI=1S/C16H18N4O3/c1-9-6-12(20-23-9)8-18-15(21)5-4-13-10(2)14(7-17)16(22)19-11(13)3/h6H,4-5,8H2,1-3H3,(H,18,21)(H,19,22). The van der Waals surface area contributed by atoms with Crippen molar-refractivity contribution < 1.29 is 9.32 Å². The molecule has 0 atom stereocenters. The molecule has 2 N–H and O–H groups in total. The summed E-state index contributed by atoms with van der Waals surface area (Å²) in [4.78, 5) is 26.3. The number of carbonyl (C=O) groups excluding carboxylic acids is 1. The Labute approximate surface area is 133 Å². The largest absolute Gasteiger partial charge is 0.361 e. The van der Waals surface area contributed by atoms with E-state index in [9.17, 15) is 9.59 Å². The van der Waals surface area contributed by atoms with E-state index in [1.165, 1.54) is 0 Å². The van der Waals surface area contributed by atoms with E-state index in [4.69, 9.17) is 9.78 Å². The number of hydrogen-bond donors (Lipinski definition) is 2. The van der Waals surface area contributed by atoms with Gasteiger partial charge in [-0.1, -0.05) is 5.16 Å². The molecule has 1 amide bonds. The zero-order valence-electron chi connectivity index (χ0n) is 13.3. The third-order valence-corrected chi connectivity index (χ3v) is 3.67. The zero-order chi connectivity index (χ0) is 17.0. The van der Waals surface area contributed by atoms with Crippen LogP contribution in [0.1, 0.15) is 40.3 Å². The second-order valence-electron chi connectivity index (χ2n) is 5.38. The Morgan fingerprint density at radius 1 is 1.43 bits per heavy atom. The van der Waals surface area contributed by atoms with E-state index in [1.54, 1.807) is 26.8 Å². The molecule has 0 aliphatic carbocycles. The molecule has 0 aromatic carbocycles. The second kappa shape index (κ2) is 6.92. The van der Waals surface area contributed by atoms with Gasteiger partial charge in [-0.15, -0.1) is 0 Å². The van der Waals surface area contributed by atoms with E-state index < -0.39 is 5.56 Å². The maximum absolute atomic E-state index is 11.9. The highest BCUT2D eigenvalue weighted by Gasteiger charge is 2.13. The van der Waals surface area contributed by atoms with Gasteiger partial charge in [-0.25, -0.2) is 0 Å². The maximum atomic E-state index is 11.9. The van der Waals surface area contributed by atoms with E-state index in [0.717, 1.165) is 5.56 Å². The van der Waals surface area contributed by atoms with Crippen LogP contribution in [0.5, 0.6) is 0 Å². The number of nitrogens with one attached hydrogen (secondary N) is 2. The topological polar surface area (TPSA) is 112 Å². The molecular formula is C16H18N4O3. The first kappa shape index (κ1) is 16.5. The molecule has 7 heteroatoms. The number of nitrogens with zero attached hydrogens (tertiary/aromatic N) is 2. The quantitative estimate of drug-likeness (QED) is 0.866. The van der Waals surface area contributed by atoms with Gasteiger partial charge in [0.25, 0.3) is 5.56 Å². The van der Waals surface area contributed by atoms with Crippen molar-refractivity contribution in [2.75, 3.05) is 0 Å². The van der Waals surface area contributed by atoms with Crippen molar-refractivity contribution in [1.29, 1.82) is 5.26 Å². The molecule has 0 saturated carbocycles. The van der Waals surface area contributed by atoms with E-state index in [-0.39, 0.29) is 17.9 Å². The lowest BCUT2D eigenvalue weighted by Crippen LogP contribution is -2.24. The molecule has 0 radical (unpaired) electrons. The summed E-state index contributed by atoms with van der Waals surface area (Å²) in [5, 5.41) is 15.6. The summed E-state index contributed by atoms with van der Waals surface area (Å²) in [5.41, 5.74) is 2.52. The minimum Gasteiger partial charge on any atom is -0.361 e. The van der Waals surface area contributed by atoms with Crippen LogP contribution in [0.2, 0.25) is 0 Å². The average Bonchev–Trinajstić information content (AvgIpc) is 2.90. The molecule has 2 aromatic rings. The Balaban J connectivity index is 1.99. The first-order valence-corrected chi connectivity index (χ1v) is 7.23. The zero-order valence-corrected chi connectivity index (χ0v) is 13.3. The number of aromatic amines is 1. The number of hydrogen-bond acceptors (Lipinski definition) is 5. The molecule has 0 saturated heterocycles. The van der Waals surface area contributed by atoms with Gasteiger partial charge in [-0.2, -0.15) is 5.26 Å². The second-order valence-corrected chi connectivity index (χ2v) is 5.38. The van der Waals surface area contributed by atoms with E-state index in [2.05, 4.69) is 15.5 Å². The Kier molecular flexibility index (Phi) is 4.96. The molecule has 0 bridgehead atoms. The van der Waals surface area contributed by atoms with Crippen LogP contribution in [0.4, 0.5) is 0 Å². The summed E-state index contributed by atoms with van der Waals surface area (Å²) in [6.45, 7) is 5.59. The van der Waals surface area contributed by atoms with Crippen LogP contribution in [0.15, 0.2) is 15.4 Å². The fourth-order valence-electron chi connectivity index (χ4n) is 2.44. The molecule has 0 unspecified atom stereocenters. The molecule has 23 heavy (non-hydrogen) atoms. The molecule has 0 spiro atoms. The molecule has 0 aliphatic rings. The summed E-state index contributed by atoms with van der Waals surface area (Å²) in [7, 11) is 0. The number of nitriles is 1. The number of rotatable bonds is 5. The molecular weight excluding hydrogens is 296 g/mol. The van der Waals surface area contributed by atoms with Gasteiger partial charge in [0.05, 0.1) is 6.54 Å². The van der Waals surface area contributed by atoms with Gasteiger partial charge in [0.15, 0.2) is 0 Å². The smallest absolute Gasteiger partial charge is 0.266 e. The summed E-state index contributed by atoms with van der Waals surface area (Å²) in [6.07, 6.45) is 0.711. The SMILES string of the molecule is Cc1cc(CNC(=O)CCc2c(C)[nH]c(=O)c(C#N)c2C)no1. The highest BCUT2D eigenvalue weighted by Crippen LogP contribution is 2.14. The molecule has 0 aliphatic heterocycles. The maximum Gasteiger partial charge on any atom is 0.266 e. The van der Waals surface area contributed by atoms with E-state index >= 15 is 0 Å². The van der Waals surface area contributed by atoms with Crippen LogP contribution in [-0.4, -0.2) is 16.0 Å². The molecule has 0 fully saturated rings. The van der Waals surface area contributed by atoms with E-state index in [0.29, 0.717) is 35.7 Å². The van der Waals surface area contributed by atoms with Crippen LogP contribution in [0.3, 0.4) is 0 Å². The Morgan fingerprint density at radius 2 is 2.17 bits per heavy atom. The summed E-state index contributed by atoms with van der Waals surface area (Å²) >= 11 is 0. The van der Waals surface area contributed by atoms with Crippen LogP contribution in [0.25, 0.3) is 0 Å². The van der Waals surface area contributed by atoms with Crippen molar-refractivity contribution in [3.05, 3.63) is 50.3 Å². The van der Waals surface area contributed by atoms with Gasteiger partial charge in [0, 0.05) is 18.2 Å². The first-order valence-electron chi connectivity index (χ1n) is 7.23. The number of aryl methyl sites for hydroxylation is 2. The minimum atomic E-state index is -0.392. The van der Waals surface area contributed by atoms with Crippen molar-refractivity contribution in [1.82, 2.24) is 15.5 Å². The van der Waals surface area contributed by atoms with Gasteiger partial charge in [0.2, 0.25) is 5.91 Å². The van der Waals surface area contributed by atoms with Gasteiger partial charge in [0.1, 0.15) is 23.1 Å². The third kappa shape index (κ3) is 3.86. The predicted octanol–water partition coefficient (Wildman–Crippen LogP) is 1.41. The molecule has 2 aromatic heterocycles.